The van der Waals surface area contributed by atoms with E-state index < -0.39 is 11.6 Å². The highest BCUT2D eigenvalue weighted by Crippen LogP contribution is 2.16. The van der Waals surface area contributed by atoms with E-state index in [0.717, 1.165) is 43.3 Å². The molecule has 1 fully saturated rings. The Bertz CT molecular complexity index is 975. The maximum absolute atomic E-state index is 13.2. The number of benzene rings is 2. The van der Waals surface area contributed by atoms with Gasteiger partial charge in [0.2, 0.25) is 0 Å². The molecule has 3 aromatic rings. The van der Waals surface area contributed by atoms with E-state index in [1.165, 1.54) is 25.0 Å². The van der Waals surface area contributed by atoms with Crippen LogP contribution in [0.3, 0.4) is 0 Å². The number of carbonyl (C=O) groups is 1. The lowest BCUT2D eigenvalue weighted by molar-refractivity contribution is 0.0951. The van der Waals surface area contributed by atoms with Gasteiger partial charge in [-0.1, -0.05) is 0 Å². The van der Waals surface area contributed by atoms with E-state index in [4.69, 9.17) is 0 Å². The highest BCUT2D eigenvalue weighted by atomic mass is 19.1. The van der Waals surface area contributed by atoms with Crippen LogP contribution in [0.25, 0.3) is 11.0 Å². The lowest BCUT2D eigenvalue weighted by atomic mass is 10.1. The molecule has 4 rings (SSSR count). The van der Waals surface area contributed by atoms with Gasteiger partial charge in [-0.2, -0.15) is 0 Å². The molecule has 0 saturated carbocycles. The number of nitrogens with zero attached hydrogens (tertiary/aromatic N) is 3. The molecule has 0 unspecified atom stereocenters. The number of hydrogen-bond donors (Lipinski definition) is 1. The fourth-order valence-electron chi connectivity index (χ4n) is 3.64. The summed E-state index contributed by atoms with van der Waals surface area (Å²) < 4.78 is 28.6. The molecule has 146 valence electrons. The normalized spacial score (nSPS) is 14.6. The van der Waals surface area contributed by atoms with Gasteiger partial charge in [0.15, 0.2) is 0 Å². The number of imidazole rings is 1. The van der Waals surface area contributed by atoms with E-state index >= 15 is 0 Å². The Morgan fingerprint density at radius 3 is 2.54 bits per heavy atom. The largest absolute Gasteiger partial charge is 0.348 e. The summed E-state index contributed by atoms with van der Waals surface area (Å²) in [5.41, 5.74) is 2.58. The Morgan fingerprint density at radius 1 is 1.04 bits per heavy atom. The first-order valence-corrected chi connectivity index (χ1v) is 9.49. The number of amides is 1. The third-order valence-electron chi connectivity index (χ3n) is 5.11. The number of aromatic nitrogens is 2. The van der Waals surface area contributed by atoms with Gasteiger partial charge in [-0.25, -0.2) is 13.8 Å². The molecule has 1 aliphatic heterocycles. The van der Waals surface area contributed by atoms with Crippen LogP contribution in [-0.4, -0.2) is 40.0 Å². The summed E-state index contributed by atoms with van der Waals surface area (Å²) >= 11 is 0. The molecule has 0 radical (unpaired) electrons. The fourth-order valence-corrected chi connectivity index (χ4v) is 3.64. The highest BCUT2D eigenvalue weighted by Gasteiger charge is 2.13. The number of hydrogen-bond acceptors (Lipinski definition) is 3. The van der Waals surface area contributed by atoms with Crippen LogP contribution in [0.1, 0.15) is 28.8 Å². The summed E-state index contributed by atoms with van der Waals surface area (Å²) in [4.78, 5) is 19.3. The van der Waals surface area contributed by atoms with E-state index in [-0.39, 0.29) is 12.5 Å². The molecule has 1 aromatic heterocycles. The Hall–Kier alpha value is -2.80. The second kappa shape index (κ2) is 8.06. The minimum absolute atomic E-state index is 0.0514. The molecule has 1 saturated heterocycles. The first-order valence-electron chi connectivity index (χ1n) is 9.49. The van der Waals surface area contributed by atoms with Crippen molar-refractivity contribution in [2.75, 3.05) is 19.6 Å². The standard InChI is InChI=1S/C21H22F2N4O/c22-17-9-15(10-18(23)12-17)13-24-21(28)16-3-4-20-19(11-16)25-14-27(20)8-7-26-5-1-2-6-26/h3-4,9-12,14H,1-2,5-8,13H2,(H,24,28). The Balaban J connectivity index is 1.41. The monoisotopic (exact) mass is 384 g/mol. The third-order valence-corrected chi connectivity index (χ3v) is 5.11. The first kappa shape index (κ1) is 18.6. The summed E-state index contributed by atoms with van der Waals surface area (Å²) in [5.74, 6) is -1.63. The molecular formula is C21H22F2N4O. The number of likely N-dealkylation sites (tertiary alicyclic amines) is 1. The van der Waals surface area contributed by atoms with Crippen LogP contribution in [0, 0.1) is 11.6 Å². The number of fused-ring (bicyclic) bond motifs is 1. The van der Waals surface area contributed by atoms with Crippen LogP contribution >= 0.6 is 0 Å². The number of carbonyl (C=O) groups excluding carboxylic acids is 1. The van der Waals surface area contributed by atoms with Crippen LogP contribution < -0.4 is 5.32 Å². The summed E-state index contributed by atoms with van der Waals surface area (Å²) in [7, 11) is 0. The second-order valence-corrected chi connectivity index (χ2v) is 7.15. The van der Waals surface area contributed by atoms with Gasteiger partial charge < -0.3 is 14.8 Å². The van der Waals surface area contributed by atoms with Crippen LogP contribution in [-0.2, 0) is 13.1 Å². The van der Waals surface area contributed by atoms with Crippen molar-refractivity contribution in [3.8, 4) is 0 Å². The van der Waals surface area contributed by atoms with E-state index in [1.54, 1.807) is 18.5 Å². The average molecular weight is 384 g/mol. The van der Waals surface area contributed by atoms with Crippen molar-refractivity contribution in [2.45, 2.75) is 25.9 Å². The Labute approximate surface area is 162 Å². The topological polar surface area (TPSA) is 50.2 Å². The zero-order chi connectivity index (χ0) is 19.5. The van der Waals surface area contributed by atoms with Gasteiger partial charge in [-0.15, -0.1) is 0 Å². The third kappa shape index (κ3) is 4.20. The van der Waals surface area contributed by atoms with Gasteiger partial charge in [-0.3, -0.25) is 4.79 Å². The van der Waals surface area contributed by atoms with E-state index in [9.17, 15) is 13.6 Å². The van der Waals surface area contributed by atoms with Crippen molar-refractivity contribution in [2.24, 2.45) is 0 Å². The van der Waals surface area contributed by atoms with Crippen LogP contribution in [0.2, 0.25) is 0 Å². The molecule has 7 heteroatoms. The molecule has 1 amide bonds. The van der Waals surface area contributed by atoms with E-state index in [2.05, 4.69) is 19.8 Å². The van der Waals surface area contributed by atoms with Gasteiger partial charge in [0.05, 0.1) is 17.4 Å². The molecule has 1 N–H and O–H groups in total. The first-order chi connectivity index (χ1) is 13.6. The fraction of sp³-hybridized carbons (Fsp3) is 0.333. The SMILES string of the molecule is O=C(NCc1cc(F)cc(F)c1)c1ccc2c(c1)ncn2CCN1CCCC1. The summed E-state index contributed by atoms with van der Waals surface area (Å²) in [6.45, 7) is 4.24. The van der Waals surface area contributed by atoms with Crippen molar-refractivity contribution in [1.29, 1.82) is 0 Å². The molecule has 0 bridgehead atoms. The van der Waals surface area contributed by atoms with Crippen LogP contribution in [0.15, 0.2) is 42.7 Å². The van der Waals surface area contributed by atoms with Crippen LogP contribution in [0.4, 0.5) is 8.78 Å². The number of nitrogens with one attached hydrogen (secondary N) is 1. The molecule has 28 heavy (non-hydrogen) atoms. The van der Waals surface area contributed by atoms with Crippen molar-refractivity contribution < 1.29 is 13.6 Å². The van der Waals surface area contributed by atoms with E-state index in [0.29, 0.717) is 11.1 Å². The molecule has 0 atom stereocenters. The van der Waals surface area contributed by atoms with Crippen LogP contribution in [0.5, 0.6) is 0 Å². The molecule has 2 heterocycles. The lowest BCUT2D eigenvalue weighted by Crippen LogP contribution is -2.24. The molecule has 0 spiro atoms. The Kier molecular flexibility index (Phi) is 5.34. The lowest BCUT2D eigenvalue weighted by Gasteiger charge is -2.15. The minimum Gasteiger partial charge on any atom is -0.348 e. The van der Waals surface area contributed by atoms with Gasteiger partial charge in [0, 0.05) is 31.3 Å². The highest BCUT2D eigenvalue weighted by molar-refractivity contribution is 5.97. The average Bonchev–Trinajstić information content (AvgIpc) is 3.32. The molecular weight excluding hydrogens is 362 g/mol. The predicted molar refractivity (Wildman–Crippen MR) is 103 cm³/mol. The predicted octanol–water partition coefficient (Wildman–Crippen LogP) is 3.34. The minimum atomic E-state index is -0.662. The van der Waals surface area contributed by atoms with Gasteiger partial charge in [0.1, 0.15) is 11.6 Å². The van der Waals surface area contributed by atoms with E-state index in [1.807, 2.05) is 6.07 Å². The quantitative estimate of drug-likeness (QED) is 0.709. The Morgan fingerprint density at radius 2 is 1.79 bits per heavy atom. The zero-order valence-electron chi connectivity index (χ0n) is 15.5. The molecule has 2 aromatic carbocycles. The summed E-state index contributed by atoms with van der Waals surface area (Å²) in [6.07, 6.45) is 4.34. The smallest absolute Gasteiger partial charge is 0.251 e. The summed E-state index contributed by atoms with van der Waals surface area (Å²) in [5, 5.41) is 2.69. The molecule has 5 nitrogen and oxygen atoms in total. The van der Waals surface area contributed by atoms with Gasteiger partial charge >= 0.3 is 0 Å². The van der Waals surface area contributed by atoms with Crippen molar-refractivity contribution in [3.05, 3.63) is 65.5 Å². The number of halogens is 2. The van der Waals surface area contributed by atoms with Gasteiger partial charge in [-0.05, 0) is 61.8 Å². The number of rotatable bonds is 6. The molecule has 1 aliphatic rings. The van der Waals surface area contributed by atoms with Crippen molar-refractivity contribution in [1.82, 2.24) is 19.8 Å². The maximum Gasteiger partial charge on any atom is 0.251 e. The summed E-state index contributed by atoms with van der Waals surface area (Å²) in [6, 6.07) is 8.59. The van der Waals surface area contributed by atoms with Crippen molar-refractivity contribution >= 4 is 16.9 Å². The molecule has 0 aliphatic carbocycles. The second-order valence-electron chi connectivity index (χ2n) is 7.15. The zero-order valence-corrected chi connectivity index (χ0v) is 15.5. The maximum atomic E-state index is 13.2. The van der Waals surface area contributed by atoms with Crippen molar-refractivity contribution in [3.63, 3.8) is 0 Å². The van der Waals surface area contributed by atoms with Gasteiger partial charge in [0.25, 0.3) is 5.91 Å².